The average molecular weight is 486 g/mol. The van der Waals surface area contributed by atoms with E-state index in [0.717, 1.165) is 0 Å². The minimum Gasteiger partial charge on any atom is -0.255 e. The molecule has 0 bridgehead atoms. The second-order valence-corrected chi connectivity index (χ2v) is 5.73. The minimum atomic E-state index is -1.71. The van der Waals surface area contributed by atoms with Gasteiger partial charge in [0.1, 0.15) is 0 Å². The molecule has 0 fully saturated rings. The van der Waals surface area contributed by atoms with Crippen molar-refractivity contribution in [2.75, 3.05) is 0 Å². The summed E-state index contributed by atoms with van der Waals surface area (Å²) in [6.45, 7) is 0. The van der Waals surface area contributed by atoms with Crippen LogP contribution in [0.5, 0.6) is 0 Å². The van der Waals surface area contributed by atoms with Gasteiger partial charge in [0.15, 0.2) is 0 Å². The van der Waals surface area contributed by atoms with E-state index >= 15 is 0 Å². The van der Waals surface area contributed by atoms with Gasteiger partial charge in [-0.25, -0.2) is 0 Å². The molecule has 1 aromatic carbocycles. The van der Waals surface area contributed by atoms with E-state index in [1.54, 1.807) is 0 Å². The van der Waals surface area contributed by atoms with Crippen molar-refractivity contribution in [1.82, 2.24) is 0 Å². The molecule has 0 aliphatic heterocycles. The van der Waals surface area contributed by atoms with Crippen LogP contribution in [-0.4, -0.2) is 12.1 Å². The van der Waals surface area contributed by atoms with Gasteiger partial charge in [-0.1, -0.05) is 0 Å². The van der Waals surface area contributed by atoms with Gasteiger partial charge in [0.25, 0.3) is 0 Å². The molecule has 86 valence electrons. The molecule has 0 atom stereocenters. The van der Waals surface area contributed by atoms with Gasteiger partial charge in [-0.2, -0.15) is 8.78 Å². The number of carbonyl (C=O) groups is 2. The quantitative estimate of drug-likeness (QED) is 0.439. The lowest BCUT2D eigenvalue weighted by Crippen LogP contribution is -2.03. The second kappa shape index (κ2) is 5.32. The first-order chi connectivity index (χ1) is 7.29. The van der Waals surface area contributed by atoms with Crippen molar-refractivity contribution in [3.05, 3.63) is 29.0 Å². The van der Waals surface area contributed by atoms with Crippen LogP contribution in [0.2, 0.25) is 0 Å². The van der Waals surface area contributed by atoms with E-state index < -0.39 is 12.1 Å². The number of halogens is 6. The first-order valence-electron chi connectivity index (χ1n) is 3.54. The van der Waals surface area contributed by atoms with Crippen molar-refractivity contribution in [3.63, 3.8) is 0 Å². The lowest BCUT2D eigenvalue weighted by Gasteiger charge is -2.10. The summed E-state index contributed by atoms with van der Waals surface area (Å²) in [7, 11) is 0. The van der Waals surface area contributed by atoms with Crippen LogP contribution in [0.15, 0.2) is 17.9 Å². The lowest BCUT2D eigenvalue weighted by molar-refractivity contribution is 0.0818. The molecule has 2 nitrogen and oxygen atoms in total. The highest BCUT2D eigenvalue weighted by atomic mass is 79.9. The molecule has 0 radical (unpaired) electrons. The van der Waals surface area contributed by atoms with Crippen LogP contribution in [-0.2, 0) is 0 Å². The normalized spacial score (nSPS) is 10.4. The molecule has 8 heteroatoms. The Kier molecular flexibility index (Phi) is 4.79. The van der Waals surface area contributed by atoms with Crippen molar-refractivity contribution in [2.45, 2.75) is 0 Å². The highest BCUT2D eigenvalue weighted by Gasteiger charge is 2.26. The molecule has 0 unspecified atom stereocenters. The van der Waals surface area contributed by atoms with Crippen molar-refractivity contribution < 1.29 is 18.4 Å². The van der Waals surface area contributed by atoms with Crippen molar-refractivity contribution in [2.24, 2.45) is 0 Å². The summed E-state index contributed by atoms with van der Waals surface area (Å²) in [5.41, 5.74) is -0.660. The first-order valence-corrected chi connectivity index (χ1v) is 6.71. The van der Waals surface area contributed by atoms with Gasteiger partial charge in [-0.3, -0.25) is 9.59 Å². The van der Waals surface area contributed by atoms with Crippen LogP contribution in [0.3, 0.4) is 0 Å². The fourth-order valence-corrected chi connectivity index (χ4v) is 3.72. The smallest absolute Gasteiger partial charge is 0.255 e. The Morgan fingerprint density at radius 2 is 0.875 bits per heavy atom. The Labute approximate surface area is 122 Å². The Morgan fingerprint density at radius 1 is 0.688 bits per heavy atom. The fraction of sp³-hybridized carbons (Fsp3) is 0. The molecule has 0 aliphatic carbocycles. The predicted molar refractivity (Wildman–Crippen MR) is 68.1 cm³/mol. The maximum atomic E-state index is 12.7. The molecule has 0 amide bonds. The lowest BCUT2D eigenvalue weighted by atomic mass is 10.1. The highest BCUT2D eigenvalue weighted by molar-refractivity contribution is 9.14. The highest BCUT2D eigenvalue weighted by Crippen LogP contribution is 2.42. The molecule has 1 rings (SSSR count). The molecule has 0 saturated carbocycles. The van der Waals surface area contributed by atoms with Crippen LogP contribution in [0, 0.1) is 0 Å². The van der Waals surface area contributed by atoms with Gasteiger partial charge in [-0.05, 0) is 63.7 Å². The van der Waals surface area contributed by atoms with Crippen LogP contribution < -0.4 is 0 Å². The van der Waals surface area contributed by atoms with Gasteiger partial charge >= 0.3 is 12.1 Å². The van der Waals surface area contributed by atoms with Crippen LogP contribution >= 0.6 is 63.7 Å². The fourth-order valence-electron chi connectivity index (χ4n) is 0.977. The maximum absolute atomic E-state index is 12.7. The molecule has 0 spiro atoms. The zero-order valence-electron chi connectivity index (χ0n) is 7.08. The molecule has 16 heavy (non-hydrogen) atoms. The van der Waals surface area contributed by atoms with E-state index in [1.807, 2.05) is 0 Å². The van der Waals surface area contributed by atoms with Crippen molar-refractivity contribution in [1.29, 1.82) is 0 Å². The Hall–Kier alpha value is 0.340. The van der Waals surface area contributed by atoms with Gasteiger partial charge in [0.05, 0.1) is 11.1 Å². The monoisotopic (exact) mass is 482 g/mol. The van der Waals surface area contributed by atoms with Crippen molar-refractivity contribution in [3.8, 4) is 0 Å². The molecule has 0 aliphatic rings. The average Bonchev–Trinajstić information content (AvgIpc) is 2.14. The molecule has 0 aromatic heterocycles. The standard InChI is InChI=1S/C8Br4F2O2/c9-3-1(7(13)15)4(10)6(12)2(5(3)11)8(14)16. The molecule has 0 N–H and O–H groups in total. The molecular weight excluding hydrogens is 486 g/mol. The van der Waals surface area contributed by atoms with Crippen LogP contribution in [0.1, 0.15) is 20.7 Å². The molecule has 0 heterocycles. The zero-order valence-corrected chi connectivity index (χ0v) is 13.4. The van der Waals surface area contributed by atoms with E-state index in [4.69, 9.17) is 0 Å². The molecule has 1 aromatic rings. The van der Waals surface area contributed by atoms with Crippen molar-refractivity contribution >= 4 is 75.8 Å². The summed E-state index contributed by atoms with van der Waals surface area (Å²) in [6.07, 6.45) is 0. The zero-order chi connectivity index (χ0) is 12.6. The number of rotatable bonds is 2. The molecular formula is C8Br4F2O2. The predicted octanol–water partition coefficient (Wildman–Crippen LogP) is 4.96. The van der Waals surface area contributed by atoms with Gasteiger partial charge in [-0.15, -0.1) is 0 Å². The Balaban J connectivity index is 3.77. The van der Waals surface area contributed by atoms with E-state index in [0.29, 0.717) is 0 Å². The van der Waals surface area contributed by atoms with Gasteiger partial charge < -0.3 is 0 Å². The number of hydrogen-bond donors (Lipinski definition) is 0. The number of hydrogen-bond acceptors (Lipinski definition) is 2. The summed E-state index contributed by atoms with van der Waals surface area (Å²) < 4.78 is 25.3. The topological polar surface area (TPSA) is 34.1 Å². The summed E-state index contributed by atoms with van der Waals surface area (Å²) in [5, 5.41) is 0. The molecule has 0 saturated heterocycles. The first kappa shape index (κ1) is 14.4. The third kappa shape index (κ3) is 2.44. The number of carbonyl (C=O) groups excluding carboxylic acids is 2. The summed E-state index contributed by atoms with van der Waals surface area (Å²) >= 11 is 11.6. The third-order valence-electron chi connectivity index (χ3n) is 1.66. The van der Waals surface area contributed by atoms with E-state index in [9.17, 15) is 18.4 Å². The van der Waals surface area contributed by atoms with E-state index in [-0.39, 0.29) is 29.0 Å². The maximum Gasteiger partial charge on any atom is 0.334 e. The Bertz CT molecular complexity index is 427. The third-order valence-corrected chi connectivity index (χ3v) is 5.89. The Morgan fingerprint density at radius 3 is 1.00 bits per heavy atom. The number of benzene rings is 1. The van der Waals surface area contributed by atoms with Gasteiger partial charge in [0, 0.05) is 17.9 Å². The summed E-state index contributed by atoms with van der Waals surface area (Å²) in [6, 6.07) is -3.42. The second-order valence-electron chi connectivity index (χ2n) is 2.55. The summed E-state index contributed by atoms with van der Waals surface area (Å²) in [4.78, 5) is 21.5. The van der Waals surface area contributed by atoms with Crippen LogP contribution in [0.25, 0.3) is 0 Å². The van der Waals surface area contributed by atoms with E-state index in [2.05, 4.69) is 63.7 Å². The van der Waals surface area contributed by atoms with Gasteiger partial charge in [0.2, 0.25) is 0 Å². The summed E-state index contributed by atoms with van der Waals surface area (Å²) in [5.74, 6) is 0. The largest absolute Gasteiger partial charge is 0.334 e. The van der Waals surface area contributed by atoms with E-state index in [1.165, 1.54) is 0 Å². The van der Waals surface area contributed by atoms with Crippen LogP contribution in [0.4, 0.5) is 8.78 Å². The minimum absolute atomic E-state index is 0.0314. The SMILES string of the molecule is O=C(F)c1c(Br)c(Br)c(C(=O)F)c(Br)c1Br.